The summed E-state index contributed by atoms with van der Waals surface area (Å²) in [6.07, 6.45) is 5.02. The Balaban J connectivity index is 1.39. The number of hydrogen-bond donors (Lipinski definition) is 0. The van der Waals surface area contributed by atoms with Crippen LogP contribution in [0.5, 0.6) is 0 Å². The number of fused-ring (bicyclic) bond motifs is 1. The largest absolute Gasteiger partial charge is 0.297 e. The number of halogens is 1. The molecule has 0 bridgehead atoms. The van der Waals surface area contributed by atoms with Crippen molar-refractivity contribution in [1.29, 1.82) is 0 Å². The summed E-state index contributed by atoms with van der Waals surface area (Å²) in [5.74, 6) is -0.249. The van der Waals surface area contributed by atoms with Gasteiger partial charge in [-0.15, -0.1) is 0 Å². The van der Waals surface area contributed by atoms with Gasteiger partial charge in [0.1, 0.15) is 5.82 Å². The van der Waals surface area contributed by atoms with E-state index in [-0.39, 0.29) is 11.4 Å². The molecule has 1 aliphatic carbocycles. The molecular formula is C25H26FN3. The van der Waals surface area contributed by atoms with Gasteiger partial charge < -0.3 is 0 Å². The first-order valence-electron chi connectivity index (χ1n) is 10.4. The smallest absolute Gasteiger partial charge is 0.141 e. The van der Waals surface area contributed by atoms with E-state index in [9.17, 15) is 4.39 Å². The minimum absolute atomic E-state index is 0.197. The molecule has 4 heteroatoms. The zero-order valence-corrected chi connectivity index (χ0v) is 16.6. The second-order valence-electron chi connectivity index (χ2n) is 8.29. The van der Waals surface area contributed by atoms with Crippen molar-refractivity contribution in [2.24, 2.45) is 0 Å². The Bertz CT molecular complexity index is 955. The van der Waals surface area contributed by atoms with Crippen LogP contribution in [-0.4, -0.2) is 41.0 Å². The van der Waals surface area contributed by atoms with Crippen LogP contribution in [0, 0.1) is 5.82 Å². The first-order chi connectivity index (χ1) is 14.2. The molecule has 2 aromatic carbocycles. The van der Waals surface area contributed by atoms with E-state index in [0.717, 1.165) is 51.1 Å². The van der Waals surface area contributed by atoms with Crippen LogP contribution in [0.3, 0.4) is 0 Å². The van der Waals surface area contributed by atoms with E-state index in [1.165, 1.54) is 22.9 Å². The van der Waals surface area contributed by atoms with Crippen molar-refractivity contribution in [3.05, 3.63) is 101 Å². The van der Waals surface area contributed by atoms with Crippen LogP contribution in [0.15, 0.2) is 73.1 Å². The molecule has 1 saturated heterocycles. The van der Waals surface area contributed by atoms with Crippen molar-refractivity contribution in [1.82, 2.24) is 14.8 Å². The molecule has 1 fully saturated rings. The monoisotopic (exact) mass is 387 g/mol. The molecule has 29 heavy (non-hydrogen) atoms. The second-order valence-corrected chi connectivity index (χ2v) is 8.29. The molecule has 1 aromatic heterocycles. The van der Waals surface area contributed by atoms with Crippen LogP contribution in [0.1, 0.15) is 22.3 Å². The van der Waals surface area contributed by atoms with Crippen molar-refractivity contribution >= 4 is 0 Å². The maximum absolute atomic E-state index is 14.1. The van der Waals surface area contributed by atoms with E-state index in [1.54, 1.807) is 6.07 Å². The number of rotatable bonds is 4. The molecule has 0 amide bonds. The number of nitrogens with zero attached hydrogens (tertiary/aromatic N) is 3. The summed E-state index contributed by atoms with van der Waals surface area (Å²) in [6.45, 7) is 5.00. The fourth-order valence-corrected chi connectivity index (χ4v) is 5.05. The molecule has 0 unspecified atom stereocenters. The van der Waals surface area contributed by atoms with Crippen LogP contribution in [0.2, 0.25) is 0 Å². The lowest BCUT2D eigenvalue weighted by molar-refractivity contribution is 0.0312. The minimum Gasteiger partial charge on any atom is -0.297 e. The lowest BCUT2D eigenvalue weighted by Crippen LogP contribution is -2.56. The molecule has 2 aliphatic rings. The summed E-state index contributed by atoms with van der Waals surface area (Å²) in [5, 5.41) is 0. The normalized spacial score (nSPS) is 19.2. The summed E-state index contributed by atoms with van der Waals surface area (Å²) < 4.78 is 14.1. The van der Waals surface area contributed by atoms with Crippen LogP contribution in [0.25, 0.3) is 0 Å². The van der Waals surface area contributed by atoms with E-state index in [4.69, 9.17) is 0 Å². The van der Waals surface area contributed by atoms with Gasteiger partial charge in [0.15, 0.2) is 0 Å². The van der Waals surface area contributed by atoms with E-state index in [1.807, 2.05) is 6.20 Å². The van der Waals surface area contributed by atoms with Crippen molar-refractivity contribution in [3.8, 4) is 0 Å². The third-order valence-electron chi connectivity index (χ3n) is 6.55. The van der Waals surface area contributed by atoms with Crippen molar-refractivity contribution in [2.45, 2.75) is 24.9 Å². The van der Waals surface area contributed by atoms with E-state index < -0.39 is 0 Å². The minimum atomic E-state index is -0.249. The molecule has 2 heterocycles. The predicted octanol–water partition coefficient (Wildman–Crippen LogP) is 4.03. The Morgan fingerprint density at radius 3 is 2.14 bits per heavy atom. The molecule has 1 aliphatic heterocycles. The van der Waals surface area contributed by atoms with Crippen LogP contribution >= 0.6 is 0 Å². The quantitative estimate of drug-likeness (QED) is 0.674. The average molecular weight is 388 g/mol. The number of hydrogen-bond acceptors (Lipinski definition) is 3. The Hall–Kier alpha value is -2.56. The van der Waals surface area contributed by atoms with Crippen LogP contribution in [-0.2, 0) is 24.9 Å². The Morgan fingerprint density at radius 2 is 1.48 bits per heavy atom. The number of benzene rings is 2. The van der Waals surface area contributed by atoms with Gasteiger partial charge in [-0.3, -0.25) is 14.8 Å². The van der Waals surface area contributed by atoms with Crippen molar-refractivity contribution in [3.63, 3.8) is 0 Å². The lowest BCUT2D eigenvalue weighted by atomic mass is 9.85. The van der Waals surface area contributed by atoms with Gasteiger partial charge in [-0.2, -0.15) is 0 Å². The van der Waals surface area contributed by atoms with Gasteiger partial charge in [0.25, 0.3) is 0 Å². The van der Waals surface area contributed by atoms with Crippen molar-refractivity contribution < 1.29 is 4.39 Å². The van der Waals surface area contributed by atoms with Gasteiger partial charge in [0.2, 0.25) is 0 Å². The van der Waals surface area contributed by atoms with Crippen molar-refractivity contribution in [2.75, 3.05) is 26.2 Å². The summed E-state index contributed by atoms with van der Waals surface area (Å²) in [6, 6.07) is 21.0. The first-order valence-corrected chi connectivity index (χ1v) is 10.4. The van der Waals surface area contributed by atoms with Gasteiger partial charge in [0.05, 0.1) is 11.7 Å². The molecule has 0 atom stereocenters. The first kappa shape index (κ1) is 18.5. The van der Waals surface area contributed by atoms with Crippen LogP contribution < -0.4 is 0 Å². The highest BCUT2D eigenvalue weighted by molar-refractivity contribution is 5.41. The number of aromatic nitrogens is 1. The molecular weight excluding hydrogens is 361 g/mol. The third-order valence-corrected chi connectivity index (χ3v) is 6.55. The van der Waals surface area contributed by atoms with E-state index in [2.05, 4.69) is 69.4 Å². The highest BCUT2D eigenvalue weighted by Crippen LogP contribution is 2.43. The highest BCUT2D eigenvalue weighted by Gasteiger charge is 2.44. The second kappa shape index (κ2) is 7.69. The molecule has 148 valence electrons. The molecule has 0 spiro atoms. The molecule has 0 N–H and O–H groups in total. The molecule has 3 aromatic rings. The SMILES string of the molecule is Fc1cncc(C2(N3CCN(Cc4ccccc4)CC3)Cc3ccccc3C2)c1. The van der Waals surface area contributed by atoms with Gasteiger partial charge >= 0.3 is 0 Å². The van der Waals surface area contributed by atoms with E-state index in [0.29, 0.717) is 0 Å². The fourth-order valence-electron chi connectivity index (χ4n) is 5.05. The standard InChI is InChI=1S/C25H26FN3/c26-24-14-23(17-27-18-24)25(15-21-8-4-5-9-22(21)16-25)29-12-10-28(11-13-29)19-20-6-2-1-3-7-20/h1-9,14,17-18H,10-13,15-16,19H2. The molecule has 0 saturated carbocycles. The maximum Gasteiger partial charge on any atom is 0.141 e. The highest BCUT2D eigenvalue weighted by atomic mass is 19.1. The molecule has 3 nitrogen and oxygen atoms in total. The van der Waals surface area contributed by atoms with Gasteiger partial charge in [-0.05, 0) is 41.2 Å². The topological polar surface area (TPSA) is 19.4 Å². The lowest BCUT2D eigenvalue weighted by Gasteiger charge is -2.46. The van der Waals surface area contributed by atoms with Gasteiger partial charge in [0, 0.05) is 38.9 Å². The fraction of sp³-hybridized carbons (Fsp3) is 0.320. The number of piperazine rings is 1. The zero-order chi connectivity index (χ0) is 19.7. The summed E-state index contributed by atoms with van der Waals surface area (Å²) in [4.78, 5) is 9.28. The van der Waals surface area contributed by atoms with E-state index >= 15 is 0 Å². The molecule has 0 radical (unpaired) electrons. The average Bonchev–Trinajstić information content (AvgIpc) is 3.16. The predicted molar refractivity (Wildman–Crippen MR) is 113 cm³/mol. The Kier molecular flexibility index (Phi) is 4.90. The van der Waals surface area contributed by atoms with Gasteiger partial charge in [-0.25, -0.2) is 4.39 Å². The number of pyridine rings is 1. The molecule has 5 rings (SSSR count). The van der Waals surface area contributed by atoms with Crippen LogP contribution in [0.4, 0.5) is 4.39 Å². The summed E-state index contributed by atoms with van der Waals surface area (Å²) in [5.41, 5.74) is 4.92. The maximum atomic E-state index is 14.1. The summed E-state index contributed by atoms with van der Waals surface area (Å²) in [7, 11) is 0. The summed E-state index contributed by atoms with van der Waals surface area (Å²) >= 11 is 0. The Labute approximate surface area is 171 Å². The Morgan fingerprint density at radius 1 is 0.828 bits per heavy atom. The third kappa shape index (κ3) is 3.59. The zero-order valence-electron chi connectivity index (χ0n) is 16.6. The van der Waals surface area contributed by atoms with Gasteiger partial charge in [-0.1, -0.05) is 54.6 Å².